The van der Waals surface area contributed by atoms with Crippen LogP contribution in [-0.4, -0.2) is 44.3 Å². The lowest BCUT2D eigenvalue weighted by Gasteiger charge is -2.26. The number of carbonyl (C=O) groups excluding carboxylic acids is 2. The Morgan fingerprint density at radius 1 is 1.03 bits per heavy atom. The first-order chi connectivity index (χ1) is 14.8. The number of piperidine rings is 1. The molecule has 1 fully saturated rings. The van der Waals surface area contributed by atoms with Gasteiger partial charge >= 0.3 is 5.97 Å². The molecule has 31 heavy (non-hydrogen) atoms. The maximum Gasteiger partial charge on any atom is 0.338 e. The van der Waals surface area contributed by atoms with Gasteiger partial charge in [-0.25, -0.2) is 13.2 Å². The molecule has 1 aliphatic heterocycles. The molecule has 0 unspecified atom stereocenters. The van der Waals surface area contributed by atoms with Crippen molar-refractivity contribution in [3.05, 3.63) is 58.7 Å². The Labute approximate surface area is 183 Å². The second-order valence-electron chi connectivity index (χ2n) is 7.59. The van der Waals surface area contributed by atoms with E-state index in [2.05, 4.69) is 5.32 Å². The van der Waals surface area contributed by atoms with Gasteiger partial charge in [-0.05, 0) is 69.0 Å². The molecule has 1 aliphatic rings. The second-order valence-corrected chi connectivity index (χ2v) is 9.53. The normalized spacial score (nSPS) is 14.8. The van der Waals surface area contributed by atoms with Crippen molar-refractivity contribution in [3.8, 4) is 0 Å². The van der Waals surface area contributed by atoms with Gasteiger partial charge in [-0.2, -0.15) is 4.31 Å². The summed E-state index contributed by atoms with van der Waals surface area (Å²) in [5.41, 5.74) is 2.37. The average molecular weight is 445 g/mol. The largest absolute Gasteiger partial charge is 0.462 e. The highest BCUT2D eigenvalue weighted by Gasteiger charge is 2.27. The minimum absolute atomic E-state index is 0.113. The van der Waals surface area contributed by atoms with Crippen molar-refractivity contribution in [2.75, 3.05) is 25.0 Å². The Hall–Kier alpha value is -2.71. The summed E-state index contributed by atoms with van der Waals surface area (Å²) in [6.45, 7) is 6.47. The van der Waals surface area contributed by atoms with E-state index in [4.69, 9.17) is 4.74 Å². The summed E-state index contributed by atoms with van der Waals surface area (Å²) >= 11 is 0. The SMILES string of the molecule is CCOC(=O)c1cccc(NC(=O)c2cc(S(=O)(=O)N3CCCCC3)ccc2C)c1C. The number of rotatable bonds is 6. The number of carbonyl (C=O) groups is 2. The predicted octanol–water partition coefficient (Wildman–Crippen LogP) is 3.91. The van der Waals surface area contributed by atoms with Gasteiger partial charge in [-0.1, -0.05) is 18.6 Å². The van der Waals surface area contributed by atoms with Crippen molar-refractivity contribution in [2.24, 2.45) is 0 Å². The highest BCUT2D eigenvalue weighted by molar-refractivity contribution is 7.89. The fourth-order valence-electron chi connectivity index (χ4n) is 3.65. The van der Waals surface area contributed by atoms with E-state index < -0.39 is 21.9 Å². The fourth-order valence-corrected chi connectivity index (χ4v) is 5.20. The lowest BCUT2D eigenvalue weighted by Crippen LogP contribution is -2.35. The Morgan fingerprint density at radius 2 is 1.74 bits per heavy atom. The van der Waals surface area contributed by atoms with Crippen LogP contribution in [0.4, 0.5) is 5.69 Å². The monoisotopic (exact) mass is 444 g/mol. The van der Waals surface area contributed by atoms with Crippen LogP contribution >= 0.6 is 0 Å². The van der Waals surface area contributed by atoms with Crippen LogP contribution in [0.25, 0.3) is 0 Å². The van der Waals surface area contributed by atoms with Crippen LogP contribution in [-0.2, 0) is 14.8 Å². The molecular formula is C23H28N2O5S. The van der Waals surface area contributed by atoms with Crippen molar-refractivity contribution in [1.29, 1.82) is 0 Å². The van der Waals surface area contributed by atoms with E-state index in [1.165, 1.54) is 10.4 Å². The highest BCUT2D eigenvalue weighted by Crippen LogP contribution is 2.25. The number of sulfonamides is 1. The molecule has 0 saturated carbocycles. The first-order valence-electron chi connectivity index (χ1n) is 10.4. The van der Waals surface area contributed by atoms with Crippen LogP contribution in [0.5, 0.6) is 0 Å². The molecule has 2 aromatic carbocycles. The number of benzene rings is 2. The highest BCUT2D eigenvalue weighted by atomic mass is 32.2. The first kappa shape index (κ1) is 23.0. The number of hydrogen-bond acceptors (Lipinski definition) is 5. The average Bonchev–Trinajstić information content (AvgIpc) is 2.76. The van der Waals surface area contributed by atoms with Crippen molar-refractivity contribution in [1.82, 2.24) is 4.31 Å². The molecule has 7 nitrogen and oxygen atoms in total. The van der Waals surface area contributed by atoms with Crippen LogP contribution < -0.4 is 5.32 Å². The van der Waals surface area contributed by atoms with Crippen LogP contribution in [0.2, 0.25) is 0 Å². The standard InChI is InChI=1S/C23H28N2O5S/c1-4-30-23(27)19-9-8-10-21(17(19)3)24-22(26)20-15-18(12-11-16(20)2)31(28,29)25-13-6-5-7-14-25/h8-12,15H,4-7,13-14H2,1-3H3,(H,24,26). The number of hydrogen-bond donors (Lipinski definition) is 1. The molecule has 1 saturated heterocycles. The predicted molar refractivity (Wildman–Crippen MR) is 119 cm³/mol. The summed E-state index contributed by atoms with van der Waals surface area (Å²) in [5.74, 6) is -0.890. The van der Waals surface area contributed by atoms with Gasteiger partial charge in [0.25, 0.3) is 5.91 Å². The third kappa shape index (κ3) is 4.97. The molecule has 0 aromatic heterocycles. The van der Waals surface area contributed by atoms with Gasteiger partial charge < -0.3 is 10.1 Å². The summed E-state index contributed by atoms with van der Waals surface area (Å²) in [6.07, 6.45) is 2.71. The van der Waals surface area contributed by atoms with Gasteiger partial charge in [0.15, 0.2) is 0 Å². The summed E-state index contributed by atoms with van der Waals surface area (Å²) in [6, 6.07) is 9.62. The number of nitrogens with zero attached hydrogens (tertiary/aromatic N) is 1. The Kier molecular flexibility index (Phi) is 7.12. The van der Waals surface area contributed by atoms with Gasteiger partial charge in [0, 0.05) is 24.3 Å². The molecule has 166 valence electrons. The quantitative estimate of drug-likeness (QED) is 0.682. The molecule has 2 aromatic rings. The van der Waals surface area contributed by atoms with E-state index in [0.29, 0.717) is 35.5 Å². The lowest BCUT2D eigenvalue weighted by atomic mass is 10.1. The third-order valence-corrected chi connectivity index (χ3v) is 7.38. The zero-order valence-electron chi connectivity index (χ0n) is 18.1. The second kappa shape index (κ2) is 9.62. The molecular weight excluding hydrogens is 416 g/mol. The minimum Gasteiger partial charge on any atom is -0.462 e. The van der Waals surface area contributed by atoms with Gasteiger partial charge in [0.05, 0.1) is 17.1 Å². The van der Waals surface area contributed by atoms with E-state index in [9.17, 15) is 18.0 Å². The van der Waals surface area contributed by atoms with Gasteiger partial charge in [-0.3, -0.25) is 4.79 Å². The summed E-state index contributed by atoms with van der Waals surface area (Å²) < 4.78 is 32.6. The molecule has 0 bridgehead atoms. The molecule has 3 rings (SSSR count). The molecule has 1 amide bonds. The van der Waals surface area contributed by atoms with Crippen LogP contribution in [0.15, 0.2) is 41.3 Å². The van der Waals surface area contributed by atoms with E-state index in [1.54, 1.807) is 51.1 Å². The number of ether oxygens (including phenoxy) is 1. The Bertz CT molecular complexity index is 1090. The van der Waals surface area contributed by atoms with Gasteiger partial charge in [-0.15, -0.1) is 0 Å². The summed E-state index contributed by atoms with van der Waals surface area (Å²) in [7, 11) is -3.65. The maximum absolute atomic E-state index is 13.0. The molecule has 1 N–H and O–H groups in total. The van der Waals surface area contributed by atoms with Crippen molar-refractivity contribution < 1.29 is 22.7 Å². The number of anilines is 1. The molecule has 0 atom stereocenters. The maximum atomic E-state index is 13.0. The molecule has 0 spiro atoms. The molecule has 8 heteroatoms. The van der Waals surface area contributed by atoms with E-state index in [0.717, 1.165) is 19.3 Å². The zero-order chi connectivity index (χ0) is 22.6. The number of amides is 1. The van der Waals surface area contributed by atoms with Gasteiger partial charge in [0.1, 0.15) is 0 Å². The zero-order valence-corrected chi connectivity index (χ0v) is 18.9. The number of esters is 1. The van der Waals surface area contributed by atoms with Crippen LogP contribution in [0, 0.1) is 13.8 Å². The Morgan fingerprint density at radius 3 is 2.42 bits per heavy atom. The number of nitrogens with one attached hydrogen (secondary N) is 1. The summed E-state index contributed by atoms with van der Waals surface area (Å²) in [5, 5.41) is 2.81. The lowest BCUT2D eigenvalue weighted by molar-refractivity contribution is 0.0525. The van der Waals surface area contributed by atoms with E-state index in [-0.39, 0.29) is 17.1 Å². The number of aryl methyl sites for hydroxylation is 1. The van der Waals surface area contributed by atoms with E-state index in [1.807, 2.05) is 0 Å². The van der Waals surface area contributed by atoms with Crippen molar-refractivity contribution >= 4 is 27.6 Å². The molecule has 0 radical (unpaired) electrons. The first-order valence-corrected chi connectivity index (χ1v) is 11.9. The minimum atomic E-state index is -3.65. The summed E-state index contributed by atoms with van der Waals surface area (Å²) in [4.78, 5) is 25.3. The topological polar surface area (TPSA) is 92.8 Å². The van der Waals surface area contributed by atoms with E-state index >= 15 is 0 Å². The van der Waals surface area contributed by atoms with Crippen molar-refractivity contribution in [2.45, 2.75) is 44.9 Å². The van der Waals surface area contributed by atoms with Crippen LogP contribution in [0.3, 0.4) is 0 Å². The smallest absolute Gasteiger partial charge is 0.338 e. The van der Waals surface area contributed by atoms with Crippen LogP contribution in [0.1, 0.15) is 58.0 Å². The molecule has 0 aliphatic carbocycles. The fraction of sp³-hybridized carbons (Fsp3) is 0.391. The van der Waals surface area contributed by atoms with Gasteiger partial charge in [0.2, 0.25) is 10.0 Å². The van der Waals surface area contributed by atoms with Crippen molar-refractivity contribution in [3.63, 3.8) is 0 Å². The molecule has 1 heterocycles. The Balaban J connectivity index is 1.88. The third-order valence-electron chi connectivity index (χ3n) is 5.48.